The number of carbonyl (C=O) groups is 2. The molecular formula is C7H10O2S. The van der Waals surface area contributed by atoms with Crippen LogP contribution in [0.4, 0.5) is 0 Å². The lowest BCUT2D eigenvalue weighted by atomic mass is 9.99. The summed E-state index contributed by atoms with van der Waals surface area (Å²) < 4.78 is 0. The Morgan fingerprint density at radius 2 is 2.10 bits per heavy atom. The molecule has 1 atom stereocenters. The average molecular weight is 158 g/mol. The Bertz CT molecular complexity index is 149. The predicted octanol–water partition coefficient (Wildman–Crippen LogP) is 1.17. The molecule has 1 unspecified atom stereocenters. The number of ketones is 1. The maximum Gasteiger partial charge on any atom is 0.138 e. The molecule has 56 valence electrons. The average Bonchev–Trinajstić information content (AvgIpc) is 1.81. The first kappa shape index (κ1) is 9.43. The third-order valence-corrected chi connectivity index (χ3v) is 1.60. The first-order valence-electron chi connectivity index (χ1n) is 3.04. The van der Waals surface area contributed by atoms with E-state index in [9.17, 15) is 9.59 Å². The van der Waals surface area contributed by atoms with Crippen LogP contribution in [0.5, 0.6) is 0 Å². The number of aldehydes is 1. The number of Topliss-reactive ketones (excluding diaryl/α,β-unsaturated/α-hetero) is 1. The Hall–Kier alpha value is -0.570. The molecule has 0 rings (SSSR count). The van der Waals surface area contributed by atoms with Gasteiger partial charge in [0.25, 0.3) is 0 Å². The van der Waals surface area contributed by atoms with Crippen LogP contribution in [0.1, 0.15) is 20.3 Å². The highest BCUT2D eigenvalue weighted by molar-refractivity contribution is 7.80. The fourth-order valence-electron chi connectivity index (χ4n) is 0.714. The van der Waals surface area contributed by atoms with Gasteiger partial charge in [0, 0.05) is 11.3 Å². The van der Waals surface area contributed by atoms with E-state index in [4.69, 9.17) is 12.2 Å². The van der Waals surface area contributed by atoms with E-state index in [1.54, 1.807) is 6.92 Å². The minimum atomic E-state index is -0.340. The van der Waals surface area contributed by atoms with Gasteiger partial charge in [0.15, 0.2) is 0 Å². The Labute approximate surface area is 65.6 Å². The molecule has 0 bridgehead atoms. The van der Waals surface area contributed by atoms with Crippen molar-refractivity contribution in [2.24, 2.45) is 5.92 Å². The van der Waals surface area contributed by atoms with Crippen LogP contribution in [0.2, 0.25) is 0 Å². The molecule has 0 fully saturated rings. The maximum atomic E-state index is 10.7. The highest BCUT2D eigenvalue weighted by Gasteiger charge is 2.14. The lowest BCUT2D eigenvalue weighted by Crippen LogP contribution is -2.18. The summed E-state index contributed by atoms with van der Waals surface area (Å²) in [5, 5.41) is 0. The van der Waals surface area contributed by atoms with Crippen LogP contribution in [-0.2, 0) is 9.59 Å². The summed E-state index contributed by atoms with van der Waals surface area (Å²) in [4.78, 5) is 21.3. The zero-order valence-corrected chi connectivity index (χ0v) is 6.90. The second kappa shape index (κ2) is 4.28. The molecule has 10 heavy (non-hydrogen) atoms. The number of rotatable bonds is 4. The predicted molar refractivity (Wildman–Crippen MR) is 43.1 cm³/mol. The first-order chi connectivity index (χ1) is 4.59. The molecular weight excluding hydrogens is 148 g/mol. The molecule has 0 aromatic heterocycles. The van der Waals surface area contributed by atoms with E-state index in [2.05, 4.69) is 0 Å². The summed E-state index contributed by atoms with van der Waals surface area (Å²) >= 11 is 4.78. The van der Waals surface area contributed by atoms with Crippen LogP contribution >= 0.6 is 12.2 Å². The van der Waals surface area contributed by atoms with Crippen molar-refractivity contribution in [1.82, 2.24) is 0 Å². The lowest BCUT2D eigenvalue weighted by molar-refractivity contribution is -0.120. The molecule has 0 radical (unpaired) electrons. The highest BCUT2D eigenvalue weighted by atomic mass is 32.1. The molecule has 0 amide bonds. The standard InChI is InChI=1S/C7H10O2S/c1-5(9)7(3-4-8)6(2)10/h4,7H,3H2,1-2H3. The smallest absolute Gasteiger partial charge is 0.138 e. The van der Waals surface area contributed by atoms with E-state index in [1.165, 1.54) is 6.92 Å². The van der Waals surface area contributed by atoms with Crippen LogP contribution in [0.25, 0.3) is 0 Å². The summed E-state index contributed by atoms with van der Waals surface area (Å²) in [5.74, 6) is -0.368. The van der Waals surface area contributed by atoms with Gasteiger partial charge in [-0.2, -0.15) is 0 Å². The Balaban J connectivity index is 4.11. The van der Waals surface area contributed by atoms with Crippen LogP contribution in [-0.4, -0.2) is 16.9 Å². The lowest BCUT2D eigenvalue weighted by Gasteiger charge is -2.06. The van der Waals surface area contributed by atoms with E-state index >= 15 is 0 Å². The number of carbonyl (C=O) groups excluding carboxylic acids is 2. The van der Waals surface area contributed by atoms with Crippen molar-refractivity contribution in [3.63, 3.8) is 0 Å². The van der Waals surface area contributed by atoms with Gasteiger partial charge >= 0.3 is 0 Å². The van der Waals surface area contributed by atoms with Gasteiger partial charge in [-0.05, 0) is 13.8 Å². The van der Waals surface area contributed by atoms with Crippen LogP contribution in [0.15, 0.2) is 0 Å². The van der Waals surface area contributed by atoms with Gasteiger partial charge in [-0.25, -0.2) is 0 Å². The summed E-state index contributed by atoms with van der Waals surface area (Å²) in [5.41, 5.74) is 0. The van der Waals surface area contributed by atoms with Crippen molar-refractivity contribution >= 4 is 29.2 Å². The van der Waals surface area contributed by atoms with Crippen LogP contribution < -0.4 is 0 Å². The Kier molecular flexibility index (Phi) is 4.03. The monoisotopic (exact) mass is 158 g/mol. The van der Waals surface area contributed by atoms with Crippen LogP contribution in [0, 0.1) is 5.92 Å². The summed E-state index contributed by atoms with van der Waals surface area (Å²) in [6.07, 6.45) is 0.951. The Morgan fingerprint density at radius 1 is 1.60 bits per heavy atom. The topological polar surface area (TPSA) is 34.1 Å². The quantitative estimate of drug-likeness (QED) is 0.455. The van der Waals surface area contributed by atoms with Gasteiger partial charge in [0.2, 0.25) is 0 Å². The van der Waals surface area contributed by atoms with Crippen molar-refractivity contribution in [2.75, 3.05) is 0 Å². The second-order valence-electron chi connectivity index (χ2n) is 2.18. The van der Waals surface area contributed by atoms with Gasteiger partial charge in [0.1, 0.15) is 12.1 Å². The van der Waals surface area contributed by atoms with E-state index in [1.807, 2.05) is 0 Å². The van der Waals surface area contributed by atoms with Gasteiger partial charge in [0.05, 0.1) is 5.92 Å². The minimum Gasteiger partial charge on any atom is -0.303 e. The summed E-state index contributed by atoms with van der Waals surface area (Å²) in [7, 11) is 0. The van der Waals surface area contributed by atoms with Gasteiger partial charge in [-0.3, -0.25) is 4.79 Å². The second-order valence-corrected chi connectivity index (χ2v) is 2.82. The minimum absolute atomic E-state index is 0.0281. The fraction of sp³-hybridized carbons (Fsp3) is 0.571. The van der Waals surface area contributed by atoms with E-state index in [0.717, 1.165) is 6.29 Å². The Morgan fingerprint density at radius 3 is 2.20 bits per heavy atom. The van der Waals surface area contributed by atoms with Crippen molar-refractivity contribution in [3.8, 4) is 0 Å². The summed E-state index contributed by atoms with van der Waals surface area (Å²) in [6.45, 7) is 3.13. The molecule has 0 aromatic rings. The van der Waals surface area contributed by atoms with Crippen molar-refractivity contribution in [1.29, 1.82) is 0 Å². The van der Waals surface area contributed by atoms with E-state index < -0.39 is 0 Å². The molecule has 0 heterocycles. The first-order valence-corrected chi connectivity index (χ1v) is 3.45. The SMILES string of the molecule is CC(=O)C(CC=O)C(C)=S. The zero-order chi connectivity index (χ0) is 8.15. The third kappa shape index (κ3) is 2.82. The van der Waals surface area contributed by atoms with E-state index in [0.29, 0.717) is 4.86 Å². The van der Waals surface area contributed by atoms with Crippen LogP contribution in [0.3, 0.4) is 0 Å². The largest absolute Gasteiger partial charge is 0.303 e. The molecule has 0 N–H and O–H groups in total. The molecule has 0 saturated heterocycles. The third-order valence-electron chi connectivity index (χ3n) is 1.31. The number of thiocarbonyl (C=S) groups is 1. The van der Waals surface area contributed by atoms with Crippen molar-refractivity contribution in [3.05, 3.63) is 0 Å². The molecule has 3 heteroatoms. The fourth-order valence-corrected chi connectivity index (χ4v) is 0.977. The normalized spacial score (nSPS) is 12.2. The molecule has 2 nitrogen and oxygen atoms in total. The van der Waals surface area contributed by atoms with Gasteiger partial charge in [-0.15, -0.1) is 0 Å². The summed E-state index contributed by atoms with van der Waals surface area (Å²) in [6, 6.07) is 0. The number of hydrogen-bond acceptors (Lipinski definition) is 3. The van der Waals surface area contributed by atoms with Gasteiger partial charge < -0.3 is 4.79 Å². The highest BCUT2D eigenvalue weighted by Crippen LogP contribution is 2.05. The molecule has 0 aliphatic heterocycles. The van der Waals surface area contributed by atoms with Crippen molar-refractivity contribution < 1.29 is 9.59 Å². The maximum absolute atomic E-state index is 10.7. The van der Waals surface area contributed by atoms with E-state index in [-0.39, 0.29) is 18.1 Å². The molecule has 0 aliphatic rings. The van der Waals surface area contributed by atoms with Gasteiger partial charge in [-0.1, -0.05) is 12.2 Å². The molecule has 0 aliphatic carbocycles. The molecule has 0 saturated carbocycles. The molecule has 0 aromatic carbocycles. The zero-order valence-electron chi connectivity index (χ0n) is 6.09. The molecule has 0 spiro atoms. The van der Waals surface area contributed by atoms with Crippen molar-refractivity contribution in [2.45, 2.75) is 20.3 Å². The number of hydrogen-bond donors (Lipinski definition) is 0.